The normalized spacial score (nSPS) is 21.0. The third-order valence-electron chi connectivity index (χ3n) is 3.88. The number of amides is 1. The van der Waals surface area contributed by atoms with Gasteiger partial charge >= 0.3 is 0 Å². The summed E-state index contributed by atoms with van der Waals surface area (Å²) in [7, 11) is 0. The van der Waals surface area contributed by atoms with Crippen LogP contribution in [0.4, 0.5) is 0 Å². The molecular formula is C17H18N2O3. The Labute approximate surface area is 129 Å². The molecular weight excluding hydrogens is 280 g/mol. The number of nitrogens with zero attached hydrogens (tertiary/aromatic N) is 2. The summed E-state index contributed by atoms with van der Waals surface area (Å²) in [5, 5.41) is 9.30. The quantitative estimate of drug-likeness (QED) is 0.617. The Kier molecular flexibility index (Phi) is 4.12. The second-order valence-electron chi connectivity index (χ2n) is 5.57. The summed E-state index contributed by atoms with van der Waals surface area (Å²) in [6.45, 7) is 4.15. The van der Waals surface area contributed by atoms with Gasteiger partial charge in [-0.15, -0.1) is 0 Å². The largest absolute Gasteiger partial charge is 0.490 e. The van der Waals surface area contributed by atoms with E-state index in [2.05, 4.69) is 0 Å². The van der Waals surface area contributed by atoms with Crippen LogP contribution in [0.1, 0.15) is 18.1 Å². The summed E-state index contributed by atoms with van der Waals surface area (Å²) < 4.78 is 10.9. The van der Waals surface area contributed by atoms with Crippen molar-refractivity contribution < 1.29 is 14.3 Å². The lowest BCUT2D eigenvalue weighted by atomic mass is 10.0. The van der Waals surface area contributed by atoms with Gasteiger partial charge in [-0.1, -0.05) is 6.07 Å². The summed E-state index contributed by atoms with van der Waals surface area (Å²) in [4.78, 5) is 14.0. The van der Waals surface area contributed by atoms with Gasteiger partial charge in [-0.2, -0.15) is 5.26 Å². The molecule has 0 radical (unpaired) electrons. The third kappa shape index (κ3) is 2.97. The molecule has 0 spiro atoms. The zero-order valence-corrected chi connectivity index (χ0v) is 12.5. The average Bonchev–Trinajstić information content (AvgIpc) is 2.92. The molecule has 1 aromatic rings. The fourth-order valence-electron chi connectivity index (χ4n) is 2.78. The first-order valence-electron chi connectivity index (χ1n) is 7.46. The highest BCUT2D eigenvalue weighted by Crippen LogP contribution is 2.30. The Morgan fingerprint density at radius 1 is 1.41 bits per heavy atom. The van der Waals surface area contributed by atoms with Crippen molar-refractivity contribution >= 4 is 12.0 Å². The molecule has 114 valence electrons. The zero-order chi connectivity index (χ0) is 15.5. The van der Waals surface area contributed by atoms with E-state index in [1.54, 1.807) is 11.0 Å². The topological polar surface area (TPSA) is 62.6 Å². The molecule has 1 saturated heterocycles. The van der Waals surface area contributed by atoms with Gasteiger partial charge in [0, 0.05) is 19.5 Å². The van der Waals surface area contributed by atoms with Gasteiger partial charge < -0.3 is 14.4 Å². The molecule has 22 heavy (non-hydrogen) atoms. The molecule has 5 heteroatoms. The van der Waals surface area contributed by atoms with E-state index in [1.165, 1.54) is 0 Å². The molecule has 3 rings (SSSR count). The Morgan fingerprint density at radius 2 is 2.18 bits per heavy atom. The second kappa shape index (κ2) is 6.20. The van der Waals surface area contributed by atoms with E-state index in [1.807, 2.05) is 31.2 Å². The van der Waals surface area contributed by atoms with E-state index >= 15 is 0 Å². The fourth-order valence-corrected chi connectivity index (χ4v) is 2.78. The summed E-state index contributed by atoms with van der Waals surface area (Å²) >= 11 is 0. The van der Waals surface area contributed by atoms with Crippen LogP contribution in [0.2, 0.25) is 0 Å². The number of rotatable bonds is 2. The molecule has 2 aliphatic heterocycles. The lowest BCUT2D eigenvalue weighted by molar-refractivity contribution is -0.130. The van der Waals surface area contributed by atoms with E-state index < -0.39 is 0 Å². The monoisotopic (exact) mass is 298 g/mol. The molecule has 5 nitrogen and oxygen atoms in total. The van der Waals surface area contributed by atoms with Crippen LogP contribution in [0, 0.1) is 11.3 Å². The maximum atomic E-state index is 12.4. The lowest BCUT2D eigenvalue weighted by Crippen LogP contribution is -2.41. The van der Waals surface area contributed by atoms with Gasteiger partial charge in [0.1, 0.15) is 23.5 Å². The van der Waals surface area contributed by atoms with Gasteiger partial charge in [0.05, 0.1) is 13.2 Å². The van der Waals surface area contributed by atoms with Crippen LogP contribution < -0.4 is 4.74 Å². The number of ether oxygens (including phenoxy) is 2. The number of fused-ring (bicyclic) bond motifs is 1. The summed E-state index contributed by atoms with van der Waals surface area (Å²) in [6.07, 6.45) is 2.69. The minimum Gasteiger partial charge on any atom is -0.490 e. The minimum absolute atomic E-state index is 0.161. The minimum atomic E-state index is -0.226. The predicted molar refractivity (Wildman–Crippen MR) is 81.2 cm³/mol. The SMILES string of the molecule is C[C@H]1Cc2cc(/C=C(/C#N)C(=O)N3CCOCC3)ccc2O1. The highest BCUT2D eigenvalue weighted by molar-refractivity contribution is 6.01. The molecule has 2 heterocycles. The Hall–Kier alpha value is -2.32. The molecule has 1 amide bonds. The molecule has 0 unspecified atom stereocenters. The van der Waals surface area contributed by atoms with Gasteiger partial charge in [-0.25, -0.2) is 0 Å². The fraction of sp³-hybridized carbons (Fsp3) is 0.412. The number of carbonyl (C=O) groups is 1. The number of benzene rings is 1. The zero-order valence-electron chi connectivity index (χ0n) is 12.5. The lowest BCUT2D eigenvalue weighted by Gasteiger charge is -2.26. The van der Waals surface area contributed by atoms with Gasteiger partial charge in [-0.3, -0.25) is 4.79 Å². The molecule has 0 saturated carbocycles. The smallest absolute Gasteiger partial charge is 0.264 e. The molecule has 0 N–H and O–H groups in total. The molecule has 2 aliphatic rings. The number of nitriles is 1. The predicted octanol–water partition coefficient (Wildman–Crippen LogP) is 1.78. The molecule has 0 bridgehead atoms. The summed E-state index contributed by atoms with van der Waals surface area (Å²) in [5.41, 5.74) is 2.14. The number of hydrogen-bond donors (Lipinski definition) is 0. The van der Waals surface area contributed by atoms with Crippen molar-refractivity contribution in [1.82, 2.24) is 4.90 Å². The first kappa shape index (κ1) is 14.6. The van der Waals surface area contributed by atoms with Gasteiger partial charge in [0.2, 0.25) is 0 Å². The highest BCUT2D eigenvalue weighted by atomic mass is 16.5. The van der Waals surface area contributed by atoms with E-state index in [4.69, 9.17) is 9.47 Å². The van der Waals surface area contributed by atoms with Crippen LogP contribution in [-0.4, -0.2) is 43.2 Å². The standard InChI is InChI=1S/C17H18N2O3/c1-12-8-14-9-13(2-3-16(14)22-12)10-15(11-18)17(20)19-4-6-21-7-5-19/h2-3,9-10,12H,4-8H2,1H3/b15-10-/t12-/m0/s1. The Bertz CT molecular complexity index is 654. The van der Waals surface area contributed by atoms with Crippen molar-refractivity contribution in [3.63, 3.8) is 0 Å². The van der Waals surface area contributed by atoms with Crippen molar-refractivity contribution in [2.45, 2.75) is 19.4 Å². The van der Waals surface area contributed by atoms with Crippen molar-refractivity contribution in [3.8, 4) is 11.8 Å². The Morgan fingerprint density at radius 3 is 2.91 bits per heavy atom. The highest BCUT2D eigenvalue weighted by Gasteiger charge is 2.22. The number of hydrogen-bond acceptors (Lipinski definition) is 4. The Balaban J connectivity index is 1.81. The van der Waals surface area contributed by atoms with Crippen LogP contribution in [0.25, 0.3) is 6.08 Å². The maximum Gasteiger partial charge on any atom is 0.264 e. The van der Waals surface area contributed by atoms with E-state index in [0.717, 1.165) is 23.3 Å². The van der Waals surface area contributed by atoms with Crippen LogP contribution >= 0.6 is 0 Å². The van der Waals surface area contributed by atoms with Crippen molar-refractivity contribution in [3.05, 3.63) is 34.9 Å². The number of carbonyl (C=O) groups excluding carboxylic acids is 1. The summed E-state index contributed by atoms with van der Waals surface area (Å²) in [6, 6.07) is 7.79. The first-order valence-corrected chi connectivity index (χ1v) is 7.46. The molecule has 0 aliphatic carbocycles. The van der Waals surface area contributed by atoms with E-state index in [9.17, 15) is 10.1 Å². The van der Waals surface area contributed by atoms with Crippen LogP contribution in [0.15, 0.2) is 23.8 Å². The molecule has 1 atom stereocenters. The van der Waals surface area contributed by atoms with Gasteiger partial charge in [0.25, 0.3) is 5.91 Å². The van der Waals surface area contributed by atoms with Gasteiger partial charge in [-0.05, 0) is 36.3 Å². The van der Waals surface area contributed by atoms with E-state index in [-0.39, 0.29) is 17.6 Å². The average molecular weight is 298 g/mol. The van der Waals surface area contributed by atoms with Crippen molar-refractivity contribution in [2.24, 2.45) is 0 Å². The second-order valence-corrected chi connectivity index (χ2v) is 5.57. The van der Waals surface area contributed by atoms with Gasteiger partial charge in [0.15, 0.2) is 0 Å². The summed E-state index contributed by atoms with van der Waals surface area (Å²) in [5.74, 6) is 0.665. The van der Waals surface area contributed by atoms with Crippen molar-refractivity contribution in [1.29, 1.82) is 5.26 Å². The van der Waals surface area contributed by atoms with Crippen LogP contribution in [0.3, 0.4) is 0 Å². The van der Waals surface area contributed by atoms with Crippen LogP contribution in [-0.2, 0) is 16.0 Å². The van der Waals surface area contributed by atoms with Crippen LogP contribution in [0.5, 0.6) is 5.75 Å². The van der Waals surface area contributed by atoms with Crippen molar-refractivity contribution in [2.75, 3.05) is 26.3 Å². The molecule has 1 fully saturated rings. The third-order valence-corrected chi connectivity index (χ3v) is 3.88. The van der Waals surface area contributed by atoms with E-state index in [0.29, 0.717) is 26.3 Å². The molecule has 0 aromatic heterocycles. The molecule has 1 aromatic carbocycles. The maximum absolute atomic E-state index is 12.4. The first-order chi connectivity index (χ1) is 10.7. The number of morpholine rings is 1.